The van der Waals surface area contributed by atoms with E-state index in [1.165, 1.54) is 0 Å². The summed E-state index contributed by atoms with van der Waals surface area (Å²) in [6.07, 6.45) is 4.01. The molecule has 0 saturated heterocycles. The second kappa shape index (κ2) is 11.5. The summed E-state index contributed by atoms with van der Waals surface area (Å²) >= 11 is 1.59. The van der Waals surface area contributed by atoms with Gasteiger partial charge in [0.15, 0.2) is 5.82 Å². The largest absolute Gasteiger partial charge is 0.340 e. The van der Waals surface area contributed by atoms with Crippen molar-refractivity contribution < 1.29 is 14.0 Å². The van der Waals surface area contributed by atoms with Gasteiger partial charge < -0.3 is 16.0 Å². The molecule has 1 aromatic carbocycles. The van der Waals surface area contributed by atoms with Crippen LogP contribution in [-0.4, -0.2) is 45.7 Å². The molecule has 0 unspecified atom stereocenters. The van der Waals surface area contributed by atoms with Crippen molar-refractivity contribution in [1.82, 2.24) is 15.1 Å². The molecule has 2 saturated carbocycles. The number of rotatable bonds is 8. The third-order valence-corrected chi connectivity index (χ3v) is 8.96. The van der Waals surface area contributed by atoms with Crippen LogP contribution in [0.3, 0.4) is 0 Å². The second-order valence-corrected chi connectivity index (χ2v) is 11.8. The predicted molar refractivity (Wildman–Crippen MR) is 153 cm³/mol. The van der Waals surface area contributed by atoms with E-state index in [0.29, 0.717) is 36.7 Å². The molecule has 5 rings (SSSR count). The smallest absolute Gasteiger partial charge is 0.225 e. The van der Waals surface area contributed by atoms with Gasteiger partial charge in [0.1, 0.15) is 11.9 Å². The Hall–Kier alpha value is -3.17. The maximum atomic E-state index is 13.5. The molecule has 0 atom stereocenters. The number of anilines is 1. The molecule has 0 bridgehead atoms. The van der Waals surface area contributed by atoms with Crippen LogP contribution >= 0.6 is 11.3 Å². The van der Waals surface area contributed by atoms with Crippen LogP contribution < -0.4 is 11.1 Å². The lowest BCUT2D eigenvalue weighted by molar-refractivity contribution is -0.132. The Labute approximate surface area is 233 Å². The average molecular weight is 550 g/mol. The number of nitrogens with zero attached hydrogens (tertiary/aromatic N) is 3. The zero-order valence-electron chi connectivity index (χ0n) is 22.5. The fourth-order valence-corrected chi connectivity index (χ4v) is 6.74. The van der Waals surface area contributed by atoms with Crippen molar-refractivity contribution >= 4 is 29.0 Å². The van der Waals surface area contributed by atoms with E-state index in [2.05, 4.69) is 15.5 Å². The Balaban J connectivity index is 1.27. The van der Waals surface area contributed by atoms with Crippen molar-refractivity contribution in [2.24, 2.45) is 11.7 Å². The van der Waals surface area contributed by atoms with Crippen molar-refractivity contribution in [3.05, 3.63) is 52.7 Å². The normalized spacial score (nSPS) is 24.6. The molecule has 2 aromatic heterocycles. The number of aromatic nitrogens is 2. The predicted octanol–water partition coefficient (Wildman–Crippen LogP) is 5.91. The van der Waals surface area contributed by atoms with Gasteiger partial charge in [-0.25, -0.2) is 4.39 Å². The van der Waals surface area contributed by atoms with E-state index in [4.69, 9.17) is 5.73 Å². The van der Waals surface area contributed by atoms with Gasteiger partial charge in [-0.3, -0.25) is 9.59 Å². The first-order valence-corrected chi connectivity index (χ1v) is 14.7. The molecule has 39 heavy (non-hydrogen) atoms. The number of benzene rings is 1. The van der Waals surface area contributed by atoms with Gasteiger partial charge in [-0.2, -0.15) is 11.3 Å². The Bertz CT molecular complexity index is 1300. The van der Waals surface area contributed by atoms with Gasteiger partial charge >= 0.3 is 0 Å². The van der Waals surface area contributed by atoms with Gasteiger partial charge in [0.25, 0.3) is 0 Å². The number of alkyl halides is 1. The third kappa shape index (κ3) is 6.04. The minimum atomic E-state index is -0.832. The first-order valence-electron chi connectivity index (χ1n) is 13.8. The van der Waals surface area contributed by atoms with Crippen LogP contribution in [0.1, 0.15) is 64.4 Å². The quantitative estimate of drug-likeness (QED) is 0.364. The van der Waals surface area contributed by atoms with Crippen LogP contribution in [0.5, 0.6) is 0 Å². The zero-order chi connectivity index (χ0) is 27.6. The Morgan fingerprint density at radius 1 is 1.10 bits per heavy atom. The monoisotopic (exact) mass is 549 g/mol. The molecular formula is C30H36FN5O2S. The van der Waals surface area contributed by atoms with Crippen LogP contribution in [0, 0.1) is 5.92 Å². The van der Waals surface area contributed by atoms with E-state index in [0.717, 1.165) is 54.5 Å². The topological polar surface area (TPSA) is 101 Å². The highest BCUT2D eigenvalue weighted by Gasteiger charge is 2.42. The maximum absolute atomic E-state index is 13.5. The molecule has 0 spiro atoms. The zero-order valence-corrected chi connectivity index (χ0v) is 23.3. The van der Waals surface area contributed by atoms with Crippen LogP contribution in [-0.2, 0) is 15.1 Å². The van der Waals surface area contributed by atoms with Crippen LogP contribution in [0.25, 0.3) is 22.4 Å². The van der Waals surface area contributed by atoms with E-state index in [-0.39, 0.29) is 17.9 Å². The number of nitrogens with two attached hydrogens (primary N) is 1. The third-order valence-electron chi connectivity index (χ3n) is 8.27. The molecule has 206 valence electrons. The number of thiophene rings is 1. The summed E-state index contributed by atoms with van der Waals surface area (Å²) in [5, 5.41) is 15.9. The number of nitrogens with one attached hydrogen (secondary N) is 1. The molecule has 0 aliphatic heterocycles. The first-order chi connectivity index (χ1) is 18.8. The molecule has 2 fully saturated rings. The lowest BCUT2D eigenvalue weighted by Crippen LogP contribution is -2.50. The first kappa shape index (κ1) is 27.4. The van der Waals surface area contributed by atoms with E-state index in [1.807, 2.05) is 59.0 Å². The van der Waals surface area contributed by atoms with Gasteiger partial charge in [0.2, 0.25) is 11.8 Å². The number of hydrogen-bond acceptors (Lipinski definition) is 6. The van der Waals surface area contributed by atoms with Gasteiger partial charge in [0, 0.05) is 55.4 Å². The van der Waals surface area contributed by atoms with Gasteiger partial charge in [-0.05, 0) is 72.5 Å². The average Bonchev–Trinajstić information content (AvgIpc) is 3.44. The molecule has 2 aliphatic carbocycles. The van der Waals surface area contributed by atoms with Gasteiger partial charge in [-0.15, -0.1) is 10.2 Å². The molecule has 3 aromatic rings. The van der Waals surface area contributed by atoms with Crippen molar-refractivity contribution in [2.45, 2.75) is 76.5 Å². The maximum Gasteiger partial charge on any atom is 0.225 e. The Morgan fingerprint density at radius 2 is 1.82 bits per heavy atom. The molecule has 2 amide bonds. The second-order valence-electron chi connectivity index (χ2n) is 11.0. The SMILES string of the molecule is CCN(C(C)=O)[C@H]1CC[C@H](CC(=O)Nc2cc(-c3ccsc3)c(-c3ccc(C4(N)CC(F)C4)cc3)nn2)CC1. The van der Waals surface area contributed by atoms with E-state index >= 15 is 0 Å². The highest BCUT2D eigenvalue weighted by atomic mass is 32.1. The Kier molecular flexibility index (Phi) is 8.09. The number of halogens is 1. The molecular weight excluding hydrogens is 513 g/mol. The highest BCUT2D eigenvalue weighted by molar-refractivity contribution is 7.08. The summed E-state index contributed by atoms with van der Waals surface area (Å²) in [5.41, 5.74) is 10.2. The van der Waals surface area contributed by atoms with Crippen LogP contribution in [0.4, 0.5) is 10.2 Å². The number of carbonyl (C=O) groups excluding carboxylic acids is 2. The summed E-state index contributed by atoms with van der Waals surface area (Å²) in [6, 6.07) is 12.0. The van der Waals surface area contributed by atoms with Crippen molar-refractivity contribution in [2.75, 3.05) is 11.9 Å². The molecule has 2 heterocycles. The fourth-order valence-electron chi connectivity index (χ4n) is 6.08. The summed E-state index contributed by atoms with van der Waals surface area (Å²) in [7, 11) is 0. The number of hydrogen-bond donors (Lipinski definition) is 2. The van der Waals surface area contributed by atoms with E-state index in [1.54, 1.807) is 18.3 Å². The van der Waals surface area contributed by atoms with Crippen molar-refractivity contribution in [3.8, 4) is 22.4 Å². The molecule has 9 heteroatoms. The fraction of sp³-hybridized carbons (Fsp3) is 0.467. The molecule has 7 nitrogen and oxygen atoms in total. The summed E-state index contributed by atoms with van der Waals surface area (Å²) in [6.45, 7) is 4.37. The summed E-state index contributed by atoms with van der Waals surface area (Å²) < 4.78 is 13.5. The minimum absolute atomic E-state index is 0.0695. The lowest BCUT2D eigenvalue weighted by Gasteiger charge is -2.41. The number of amides is 2. The molecule has 2 aliphatic rings. The number of carbonyl (C=O) groups is 2. The molecule has 3 N–H and O–H groups in total. The standard InChI is InChI=1S/C30H36FN5O2S/c1-3-36(19(2)37)25-10-4-20(5-11-25)14-28(38)33-27-15-26(22-12-13-39-18-22)29(35-34-27)21-6-8-23(9-7-21)30(32)16-24(31)17-30/h6-9,12-13,15,18,20,24-25H,3-5,10-11,14,16-17,32H2,1-2H3,(H,33,34,38)/t20-,24?,25-,30?. The summed E-state index contributed by atoms with van der Waals surface area (Å²) in [4.78, 5) is 26.7. The van der Waals surface area contributed by atoms with E-state index < -0.39 is 11.7 Å². The van der Waals surface area contributed by atoms with Crippen molar-refractivity contribution in [1.29, 1.82) is 0 Å². The van der Waals surface area contributed by atoms with Crippen LogP contribution in [0.2, 0.25) is 0 Å². The highest BCUT2D eigenvalue weighted by Crippen LogP contribution is 2.42. The van der Waals surface area contributed by atoms with Gasteiger partial charge in [0.05, 0.1) is 0 Å². The minimum Gasteiger partial charge on any atom is -0.340 e. The van der Waals surface area contributed by atoms with Crippen LogP contribution in [0.15, 0.2) is 47.2 Å². The molecule has 0 radical (unpaired) electrons. The summed E-state index contributed by atoms with van der Waals surface area (Å²) in [5.74, 6) is 0.770. The lowest BCUT2D eigenvalue weighted by atomic mass is 9.71. The van der Waals surface area contributed by atoms with Gasteiger partial charge in [-0.1, -0.05) is 24.3 Å². The Morgan fingerprint density at radius 3 is 2.41 bits per heavy atom. The van der Waals surface area contributed by atoms with E-state index in [9.17, 15) is 14.0 Å². The van der Waals surface area contributed by atoms with Crippen molar-refractivity contribution in [3.63, 3.8) is 0 Å².